The molecule has 18 heavy (non-hydrogen) atoms. The molecule has 1 aromatic rings. The van der Waals surface area contributed by atoms with Crippen molar-refractivity contribution in [1.29, 1.82) is 0 Å². The fourth-order valence-corrected chi connectivity index (χ4v) is 4.11. The Bertz CT molecular complexity index is 408. The molecule has 2 rings (SSSR count). The molecule has 1 saturated carbocycles. The lowest BCUT2D eigenvalue weighted by Crippen LogP contribution is -2.30. The maximum atomic E-state index is 11.0. The van der Waals surface area contributed by atoms with Gasteiger partial charge in [0.1, 0.15) is 0 Å². The first-order valence-corrected chi connectivity index (χ1v) is 7.45. The first-order valence-electron chi connectivity index (χ1n) is 6.57. The molecule has 0 spiro atoms. The molecule has 1 aliphatic carbocycles. The summed E-state index contributed by atoms with van der Waals surface area (Å²) in [6.45, 7) is 2.15. The maximum Gasteiger partial charge on any atom is 0.306 e. The van der Waals surface area contributed by atoms with Crippen molar-refractivity contribution in [3.63, 3.8) is 0 Å². The fraction of sp³-hybridized carbons (Fsp3) is 0.643. The van der Waals surface area contributed by atoms with Gasteiger partial charge in [-0.1, -0.05) is 0 Å². The van der Waals surface area contributed by atoms with Crippen LogP contribution in [0.5, 0.6) is 0 Å². The number of carbonyl (C=O) groups is 1. The molecule has 1 fully saturated rings. The molecule has 1 aromatic heterocycles. The number of nitrogens with one attached hydrogen (secondary N) is 1. The minimum Gasteiger partial charge on any atom is -0.481 e. The van der Waals surface area contributed by atoms with Crippen LogP contribution >= 0.6 is 11.3 Å². The van der Waals surface area contributed by atoms with E-state index in [0.29, 0.717) is 12.0 Å². The number of carboxylic acids is 1. The zero-order valence-electron chi connectivity index (χ0n) is 11.0. The predicted octanol–water partition coefficient (Wildman–Crippen LogP) is 3.21. The minimum atomic E-state index is -0.623. The summed E-state index contributed by atoms with van der Waals surface area (Å²) in [6.07, 6.45) is 3.67. The van der Waals surface area contributed by atoms with Crippen LogP contribution < -0.4 is 5.32 Å². The Morgan fingerprint density at radius 3 is 2.56 bits per heavy atom. The largest absolute Gasteiger partial charge is 0.481 e. The highest BCUT2D eigenvalue weighted by molar-refractivity contribution is 7.10. The third-order valence-corrected chi connectivity index (χ3v) is 5.19. The van der Waals surface area contributed by atoms with Crippen molar-refractivity contribution < 1.29 is 9.90 Å². The lowest BCUT2D eigenvalue weighted by molar-refractivity contribution is -0.143. The number of hydrogen-bond donors (Lipinski definition) is 2. The van der Waals surface area contributed by atoms with E-state index in [4.69, 9.17) is 5.11 Å². The molecule has 100 valence electrons. The summed E-state index contributed by atoms with van der Waals surface area (Å²) in [5.74, 6) is -0.173. The molecule has 0 radical (unpaired) electrons. The van der Waals surface area contributed by atoms with Gasteiger partial charge in [-0.05, 0) is 62.6 Å². The van der Waals surface area contributed by atoms with Crippen LogP contribution in [0, 0.1) is 18.8 Å². The SMILES string of the molecule is CNC(c1sccc1C)C1CCC(C(=O)O)CC1. The van der Waals surface area contributed by atoms with E-state index in [0.717, 1.165) is 25.7 Å². The summed E-state index contributed by atoms with van der Waals surface area (Å²) in [5.41, 5.74) is 1.35. The highest BCUT2D eigenvalue weighted by atomic mass is 32.1. The number of thiophene rings is 1. The van der Waals surface area contributed by atoms with E-state index in [-0.39, 0.29) is 5.92 Å². The molecule has 0 amide bonds. The Kier molecular flexibility index (Phi) is 4.40. The van der Waals surface area contributed by atoms with E-state index in [2.05, 4.69) is 23.7 Å². The monoisotopic (exact) mass is 267 g/mol. The molecule has 4 heteroatoms. The van der Waals surface area contributed by atoms with E-state index in [1.54, 1.807) is 11.3 Å². The molecular formula is C14H21NO2S. The van der Waals surface area contributed by atoms with Gasteiger partial charge in [0.2, 0.25) is 0 Å². The number of rotatable bonds is 4. The minimum absolute atomic E-state index is 0.122. The van der Waals surface area contributed by atoms with Crippen LogP contribution in [0.4, 0.5) is 0 Å². The summed E-state index contributed by atoms with van der Waals surface area (Å²) in [7, 11) is 2.01. The van der Waals surface area contributed by atoms with E-state index in [9.17, 15) is 4.79 Å². The van der Waals surface area contributed by atoms with Gasteiger partial charge in [-0.25, -0.2) is 0 Å². The van der Waals surface area contributed by atoms with Gasteiger partial charge in [-0.15, -0.1) is 11.3 Å². The standard InChI is InChI=1S/C14H21NO2S/c1-9-7-8-18-13(9)12(15-2)10-3-5-11(6-4-10)14(16)17/h7-8,10-12,15H,3-6H2,1-2H3,(H,16,17). The van der Waals surface area contributed by atoms with Crippen molar-refractivity contribution in [3.05, 3.63) is 21.9 Å². The Morgan fingerprint density at radius 2 is 2.11 bits per heavy atom. The van der Waals surface area contributed by atoms with Crippen LogP contribution in [0.1, 0.15) is 42.2 Å². The molecule has 3 nitrogen and oxygen atoms in total. The van der Waals surface area contributed by atoms with Crippen molar-refractivity contribution in [2.24, 2.45) is 11.8 Å². The van der Waals surface area contributed by atoms with Crippen molar-refractivity contribution >= 4 is 17.3 Å². The summed E-state index contributed by atoms with van der Waals surface area (Å²) in [5, 5.41) is 14.6. The zero-order chi connectivity index (χ0) is 13.1. The van der Waals surface area contributed by atoms with Crippen LogP contribution in [0.15, 0.2) is 11.4 Å². The predicted molar refractivity (Wildman–Crippen MR) is 73.9 cm³/mol. The van der Waals surface area contributed by atoms with E-state index in [1.165, 1.54) is 10.4 Å². The molecule has 0 aromatic carbocycles. The molecule has 0 saturated heterocycles. The van der Waals surface area contributed by atoms with Crippen molar-refractivity contribution in [1.82, 2.24) is 5.32 Å². The molecule has 0 aliphatic heterocycles. The first-order chi connectivity index (χ1) is 8.63. The Balaban J connectivity index is 2.03. The van der Waals surface area contributed by atoms with Crippen LogP contribution in [0.3, 0.4) is 0 Å². The average Bonchev–Trinajstić information content (AvgIpc) is 2.78. The third-order valence-electron chi connectivity index (χ3n) is 4.09. The van der Waals surface area contributed by atoms with Gasteiger partial charge in [-0.2, -0.15) is 0 Å². The lowest BCUT2D eigenvalue weighted by atomic mass is 9.78. The first kappa shape index (κ1) is 13.6. The van der Waals surface area contributed by atoms with E-state index >= 15 is 0 Å². The van der Waals surface area contributed by atoms with Gasteiger partial charge in [0, 0.05) is 10.9 Å². The fourth-order valence-electron chi connectivity index (χ4n) is 2.98. The molecule has 1 aliphatic rings. The molecule has 1 atom stereocenters. The zero-order valence-corrected chi connectivity index (χ0v) is 11.8. The molecule has 1 heterocycles. The lowest BCUT2D eigenvalue weighted by Gasteiger charge is -2.32. The molecule has 1 unspecified atom stereocenters. The van der Waals surface area contributed by atoms with Gasteiger partial charge in [0.15, 0.2) is 0 Å². The second-order valence-electron chi connectivity index (χ2n) is 5.18. The third kappa shape index (κ3) is 2.75. The highest BCUT2D eigenvalue weighted by Crippen LogP contribution is 2.39. The summed E-state index contributed by atoms with van der Waals surface area (Å²) in [4.78, 5) is 12.4. The second kappa shape index (κ2) is 5.85. The normalized spacial score (nSPS) is 25.9. The van der Waals surface area contributed by atoms with Crippen LogP contribution in [-0.2, 0) is 4.79 Å². The van der Waals surface area contributed by atoms with Gasteiger partial charge in [-0.3, -0.25) is 4.79 Å². The number of aryl methyl sites for hydroxylation is 1. The van der Waals surface area contributed by atoms with E-state index in [1.807, 2.05) is 7.05 Å². The van der Waals surface area contributed by atoms with Crippen molar-refractivity contribution in [2.45, 2.75) is 38.6 Å². The Morgan fingerprint density at radius 1 is 1.44 bits per heavy atom. The average molecular weight is 267 g/mol. The van der Waals surface area contributed by atoms with Crippen LogP contribution in [0.2, 0.25) is 0 Å². The van der Waals surface area contributed by atoms with Gasteiger partial charge in [0.25, 0.3) is 0 Å². The Hall–Kier alpha value is -0.870. The number of aliphatic carboxylic acids is 1. The summed E-state index contributed by atoms with van der Waals surface area (Å²) in [6, 6.07) is 2.55. The second-order valence-corrected chi connectivity index (χ2v) is 6.13. The smallest absolute Gasteiger partial charge is 0.306 e. The highest BCUT2D eigenvalue weighted by Gasteiger charge is 2.31. The van der Waals surface area contributed by atoms with Crippen molar-refractivity contribution in [2.75, 3.05) is 7.05 Å². The Labute approximate surface area is 112 Å². The summed E-state index contributed by atoms with van der Waals surface area (Å²) < 4.78 is 0. The molecular weight excluding hydrogens is 246 g/mol. The van der Waals surface area contributed by atoms with Crippen LogP contribution in [0.25, 0.3) is 0 Å². The topological polar surface area (TPSA) is 49.3 Å². The van der Waals surface area contributed by atoms with Crippen LogP contribution in [-0.4, -0.2) is 18.1 Å². The van der Waals surface area contributed by atoms with Gasteiger partial charge in [0.05, 0.1) is 5.92 Å². The summed E-state index contributed by atoms with van der Waals surface area (Å²) >= 11 is 1.80. The number of carboxylic acid groups (broad SMARTS) is 1. The molecule has 0 bridgehead atoms. The van der Waals surface area contributed by atoms with Gasteiger partial charge < -0.3 is 10.4 Å². The molecule has 2 N–H and O–H groups in total. The quantitative estimate of drug-likeness (QED) is 0.880. The van der Waals surface area contributed by atoms with Crippen molar-refractivity contribution in [3.8, 4) is 0 Å². The van der Waals surface area contributed by atoms with Gasteiger partial charge >= 0.3 is 5.97 Å². The van der Waals surface area contributed by atoms with E-state index < -0.39 is 5.97 Å². The maximum absolute atomic E-state index is 11.0. The number of hydrogen-bond acceptors (Lipinski definition) is 3.